The van der Waals surface area contributed by atoms with Gasteiger partial charge in [-0.1, -0.05) is 84.5 Å². The van der Waals surface area contributed by atoms with Crippen LogP contribution in [0.4, 0.5) is 0 Å². The number of methoxy groups -OCH3 is 1. The van der Waals surface area contributed by atoms with E-state index in [1.807, 2.05) is 12.3 Å². The van der Waals surface area contributed by atoms with Crippen LogP contribution >= 0.6 is 17.0 Å². The van der Waals surface area contributed by atoms with Crippen molar-refractivity contribution >= 4 is 23.2 Å². The minimum atomic E-state index is -0.826. The molecule has 192 valence electrons. The Morgan fingerprint density at radius 2 is 1.44 bits per heavy atom. The van der Waals surface area contributed by atoms with Crippen molar-refractivity contribution in [3.05, 3.63) is 23.3 Å². The summed E-state index contributed by atoms with van der Waals surface area (Å²) in [6.45, 7) is 4.67. The van der Waals surface area contributed by atoms with Crippen LogP contribution in [-0.2, 0) is 20.8 Å². The molecule has 3 rings (SSSR count). The molecule has 0 radical (unpaired) electrons. The molecule has 2 fully saturated rings. The van der Waals surface area contributed by atoms with Crippen molar-refractivity contribution in [3.63, 3.8) is 0 Å². The third kappa shape index (κ3) is 10.1. The summed E-state index contributed by atoms with van der Waals surface area (Å²) >= 11 is -0.826. The quantitative estimate of drug-likeness (QED) is 0.356. The number of benzene rings is 1. The van der Waals surface area contributed by atoms with E-state index in [1.165, 1.54) is 70.6 Å². The van der Waals surface area contributed by atoms with Gasteiger partial charge in [0.25, 0.3) is 0 Å². The molecule has 0 saturated heterocycles. The molecule has 6 heteroatoms. The number of rotatable bonds is 4. The van der Waals surface area contributed by atoms with E-state index in [4.69, 9.17) is 26.8 Å². The summed E-state index contributed by atoms with van der Waals surface area (Å²) in [6, 6.07) is 4.39. The van der Waals surface area contributed by atoms with Crippen LogP contribution in [0, 0.1) is 11.8 Å². The molecular weight excluding hydrogens is 544 g/mol. The average Bonchev–Trinajstić information content (AvgIpc) is 2.82. The Balaban J connectivity index is 0.00000129. The summed E-state index contributed by atoms with van der Waals surface area (Å²) in [5.74, 6) is 3.00. The number of phenolic OH excluding ortho intramolecular Hbond substituents is 1. The number of hydrogen-bond acceptors (Lipinski definition) is 3. The summed E-state index contributed by atoms with van der Waals surface area (Å²) in [5, 5.41) is 11.3. The molecule has 0 spiro atoms. The van der Waals surface area contributed by atoms with Crippen LogP contribution in [0.5, 0.6) is 11.5 Å². The first-order valence-corrected chi connectivity index (χ1v) is 19.7. The Hall–Kier alpha value is -0.0469. The van der Waals surface area contributed by atoms with E-state index in [9.17, 15) is 5.11 Å². The first-order valence-electron chi connectivity index (χ1n) is 13.4. The van der Waals surface area contributed by atoms with Crippen LogP contribution in [0.25, 0.3) is 0 Å². The SMILES string of the molecule is COc1cc(C=NC2CCCC(C)C2C)c(O)c(C2CCCCCCCCCCC2)c1.[Cl][Zr][Cl]. The van der Waals surface area contributed by atoms with Gasteiger partial charge >= 0.3 is 37.9 Å². The number of aromatic hydroxyl groups is 1. The number of aliphatic imine (C=N–C) groups is 1. The second-order valence-electron chi connectivity index (χ2n) is 10.3. The standard InChI is InChI=1S/C28H45NO2.2ClH.Zr/c1-21-14-13-17-27(22(21)2)29-20-24-18-25(31-3)19-26(28(24)30)23-15-11-9-7-5-4-6-8-10-12-16-23;;;/h18-23,27,30H,4-17H2,1-3H3;2*1H;/q;;;+2/p-2. The average molecular weight is 590 g/mol. The van der Waals surface area contributed by atoms with Gasteiger partial charge in [-0.2, -0.15) is 0 Å². The second kappa shape index (κ2) is 17.4. The predicted molar refractivity (Wildman–Crippen MR) is 143 cm³/mol. The molecule has 2 saturated carbocycles. The Morgan fingerprint density at radius 1 is 0.882 bits per heavy atom. The van der Waals surface area contributed by atoms with Gasteiger partial charge in [0, 0.05) is 17.3 Å². The number of halogens is 2. The molecule has 0 bridgehead atoms. The van der Waals surface area contributed by atoms with E-state index in [2.05, 4.69) is 19.9 Å². The van der Waals surface area contributed by atoms with Gasteiger partial charge in [-0.3, -0.25) is 4.99 Å². The molecular formula is C28H45Cl2NO2Zr. The molecule has 0 aromatic heterocycles. The van der Waals surface area contributed by atoms with E-state index < -0.39 is 20.8 Å². The van der Waals surface area contributed by atoms with Gasteiger partial charge in [0.2, 0.25) is 0 Å². The molecule has 0 heterocycles. The van der Waals surface area contributed by atoms with Gasteiger partial charge in [0.1, 0.15) is 11.5 Å². The molecule has 1 N–H and O–H groups in total. The van der Waals surface area contributed by atoms with E-state index >= 15 is 0 Å². The van der Waals surface area contributed by atoms with Gasteiger partial charge in [0.05, 0.1) is 13.2 Å². The van der Waals surface area contributed by atoms with Gasteiger partial charge in [0.15, 0.2) is 0 Å². The fourth-order valence-corrected chi connectivity index (χ4v) is 5.59. The van der Waals surface area contributed by atoms with Crippen LogP contribution < -0.4 is 4.74 Å². The van der Waals surface area contributed by atoms with Crippen molar-refractivity contribution in [3.8, 4) is 11.5 Å². The molecule has 0 amide bonds. The van der Waals surface area contributed by atoms with Crippen LogP contribution in [0.1, 0.15) is 121 Å². The molecule has 34 heavy (non-hydrogen) atoms. The van der Waals surface area contributed by atoms with E-state index in [1.54, 1.807) is 7.11 Å². The third-order valence-electron chi connectivity index (χ3n) is 7.99. The predicted octanol–water partition coefficient (Wildman–Crippen LogP) is 9.41. The summed E-state index contributed by atoms with van der Waals surface area (Å²) in [4.78, 5) is 4.95. The van der Waals surface area contributed by atoms with Crippen molar-refractivity contribution in [2.45, 2.75) is 116 Å². The first-order chi connectivity index (χ1) is 16.5. The fourth-order valence-electron chi connectivity index (χ4n) is 5.59. The van der Waals surface area contributed by atoms with Crippen LogP contribution in [0.3, 0.4) is 0 Å². The zero-order chi connectivity index (χ0) is 24.8. The Morgan fingerprint density at radius 3 is 2.00 bits per heavy atom. The van der Waals surface area contributed by atoms with Crippen LogP contribution in [0.2, 0.25) is 0 Å². The molecule has 3 nitrogen and oxygen atoms in total. The first kappa shape index (κ1) is 30.2. The van der Waals surface area contributed by atoms with Gasteiger partial charge in [-0.05, 0) is 49.1 Å². The number of nitrogens with zero attached hydrogens (tertiary/aromatic N) is 1. The van der Waals surface area contributed by atoms with Crippen molar-refractivity contribution in [1.82, 2.24) is 0 Å². The van der Waals surface area contributed by atoms with Crippen molar-refractivity contribution in [1.29, 1.82) is 0 Å². The summed E-state index contributed by atoms with van der Waals surface area (Å²) < 4.78 is 5.64. The van der Waals surface area contributed by atoms with Crippen LogP contribution in [-0.4, -0.2) is 24.5 Å². The van der Waals surface area contributed by atoms with E-state index in [-0.39, 0.29) is 0 Å². The third-order valence-corrected chi connectivity index (χ3v) is 7.99. The topological polar surface area (TPSA) is 41.8 Å². The number of phenols is 1. The Kier molecular flexibility index (Phi) is 15.5. The van der Waals surface area contributed by atoms with Gasteiger partial charge < -0.3 is 9.84 Å². The maximum absolute atomic E-state index is 11.3. The molecule has 2 aliphatic carbocycles. The zero-order valence-electron chi connectivity index (χ0n) is 21.5. The summed E-state index contributed by atoms with van der Waals surface area (Å²) in [5.41, 5.74) is 1.90. The normalized spacial score (nSPS) is 25.5. The van der Waals surface area contributed by atoms with Gasteiger partial charge in [-0.25, -0.2) is 0 Å². The van der Waals surface area contributed by atoms with Gasteiger partial charge in [-0.15, -0.1) is 0 Å². The van der Waals surface area contributed by atoms with Crippen LogP contribution in [0.15, 0.2) is 17.1 Å². The van der Waals surface area contributed by atoms with E-state index in [0.717, 1.165) is 42.1 Å². The molecule has 3 unspecified atom stereocenters. The van der Waals surface area contributed by atoms with Crippen molar-refractivity contribution in [2.24, 2.45) is 16.8 Å². The summed E-state index contributed by atoms with van der Waals surface area (Å²) in [6.07, 6.45) is 20.0. The Labute approximate surface area is 227 Å². The molecule has 0 aliphatic heterocycles. The molecule has 3 atom stereocenters. The maximum atomic E-state index is 11.3. The Bertz CT molecular complexity index is 719. The van der Waals surface area contributed by atoms with Crippen molar-refractivity contribution < 1.29 is 30.7 Å². The number of ether oxygens (including phenoxy) is 1. The van der Waals surface area contributed by atoms with Crippen molar-refractivity contribution in [2.75, 3.05) is 7.11 Å². The van der Waals surface area contributed by atoms with E-state index in [0.29, 0.717) is 23.6 Å². The minimum absolute atomic E-state index is 0.360. The summed E-state index contributed by atoms with van der Waals surface area (Å²) in [7, 11) is 11.6. The molecule has 1 aromatic rings. The fraction of sp³-hybridized carbons (Fsp3) is 0.750. The molecule has 1 aromatic carbocycles. The second-order valence-corrected chi connectivity index (χ2v) is 14.0. The zero-order valence-corrected chi connectivity index (χ0v) is 25.5. The molecule has 2 aliphatic rings. The monoisotopic (exact) mass is 587 g/mol. The number of hydrogen-bond donors (Lipinski definition) is 1.